The first-order chi connectivity index (χ1) is 23.0. The van der Waals surface area contributed by atoms with E-state index in [0.29, 0.717) is 12.0 Å². The molecule has 0 aliphatic heterocycles. The van der Waals surface area contributed by atoms with Crippen molar-refractivity contribution in [2.24, 2.45) is 5.92 Å². The van der Waals surface area contributed by atoms with E-state index >= 15 is 0 Å². The fraction of sp³-hybridized carbons (Fsp3) is 0.281. The minimum Gasteiger partial charge on any atom is -0.496 e. The summed E-state index contributed by atoms with van der Waals surface area (Å²) in [5, 5.41) is 14.0. The molecule has 0 aromatic heterocycles. The summed E-state index contributed by atoms with van der Waals surface area (Å²) in [5.74, 6) is -4.38. The minimum absolute atomic E-state index is 0.0668. The Bertz CT molecular complexity index is 2040. The number of methoxy groups -OCH3 is 1. The molecule has 0 unspecified atom stereocenters. The molecule has 0 radical (unpaired) electrons. The minimum atomic E-state index is -4.07. The third kappa shape index (κ3) is 8.99. The van der Waals surface area contributed by atoms with Gasteiger partial charge in [-0.1, -0.05) is 12.1 Å². The summed E-state index contributed by atoms with van der Waals surface area (Å²) in [6.45, 7) is 0. The zero-order chi connectivity index (χ0) is 36.1. The second-order valence-electron chi connectivity index (χ2n) is 11.2. The maximum atomic E-state index is 12.4. The second-order valence-corrected chi connectivity index (χ2v) is 14.9. The molecule has 15 nitrogen and oxygen atoms in total. The highest BCUT2D eigenvalue weighted by molar-refractivity contribution is 7.90. The van der Waals surface area contributed by atoms with Crippen LogP contribution in [0.5, 0.6) is 5.75 Å². The molecule has 258 valence electrons. The third-order valence-corrected chi connectivity index (χ3v) is 9.99. The highest BCUT2D eigenvalue weighted by Crippen LogP contribution is 2.29. The van der Waals surface area contributed by atoms with Crippen molar-refractivity contribution in [3.05, 3.63) is 93.5 Å². The molecular weight excluding hydrogens is 682 g/mol. The zero-order valence-electron chi connectivity index (χ0n) is 26.2. The van der Waals surface area contributed by atoms with Crippen molar-refractivity contribution in [1.82, 2.24) is 10.0 Å². The van der Waals surface area contributed by atoms with Crippen molar-refractivity contribution in [1.29, 1.82) is 0 Å². The Hall–Kier alpha value is -5.29. The largest absolute Gasteiger partial charge is 0.496 e. The summed E-state index contributed by atoms with van der Waals surface area (Å²) in [6, 6.07) is 14.7. The lowest BCUT2D eigenvalue weighted by atomic mass is 9.81. The maximum Gasteiger partial charge on any atom is 0.281 e. The fourth-order valence-electron chi connectivity index (χ4n) is 4.80. The first kappa shape index (κ1) is 36.5. The van der Waals surface area contributed by atoms with Crippen LogP contribution in [0, 0.1) is 16.0 Å². The molecule has 0 atom stereocenters. The lowest BCUT2D eigenvalue weighted by molar-refractivity contribution is -0.385. The quantitative estimate of drug-likeness (QED) is 0.134. The second kappa shape index (κ2) is 14.9. The number of nitrogens with zero attached hydrogens (tertiary/aromatic N) is 1. The molecule has 3 aromatic rings. The number of nitrogens with one attached hydrogen (secondary N) is 2. The van der Waals surface area contributed by atoms with Crippen LogP contribution >= 0.6 is 0 Å². The number of para-hydroxylation sites is 1. The number of rotatable bonds is 10. The standard InChI is InChI=1S/C18H18N2O5S.C14H13NO7S/c1-25-16-5-3-2-4-15(16)18(22)20-26(23,24)14-10-6-12(7-11-14)17(21)19-13-8-9-13;1-23(21,22)8-5-6-9(10(7-8)15(19)20)14(18)13-11(16)3-2-4-12(13)17/h2-7,10-11,13H,8-9H2,1H3,(H,19,21)(H,20,22);5-7,13H,2-4H2,1H3. The Balaban J connectivity index is 0.000000223. The third-order valence-electron chi connectivity index (χ3n) is 7.53. The van der Waals surface area contributed by atoms with Gasteiger partial charge in [-0.3, -0.25) is 34.1 Å². The van der Waals surface area contributed by atoms with Gasteiger partial charge in [0.1, 0.15) is 11.7 Å². The van der Waals surface area contributed by atoms with Gasteiger partial charge in [-0.2, -0.15) is 0 Å². The van der Waals surface area contributed by atoms with Gasteiger partial charge in [0, 0.05) is 36.8 Å². The summed E-state index contributed by atoms with van der Waals surface area (Å²) >= 11 is 0. The average Bonchev–Trinajstić information content (AvgIpc) is 3.88. The van der Waals surface area contributed by atoms with Crippen molar-refractivity contribution in [2.75, 3.05) is 13.4 Å². The number of carbonyl (C=O) groups excluding carboxylic acids is 5. The van der Waals surface area contributed by atoms with Crippen LogP contribution in [-0.2, 0) is 29.4 Å². The normalized spacial score (nSPS) is 15.0. The molecule has 0 heterocycles. The Morgan fingerprint density at radius 1 is 0.837 bits per heavy atom. The molecule has 2 amide bonds. The van der Waals surface area contributed by atoms with E-state index in [1.54, 1.807) is 18.2 Å². The SMILES string of the molecule is COc1ccccc1C(=O)NS(=O)(=O)c1ccc(C(=O)NC2CC2)cc1.CS(=O)(=O)c1ccc(C(=O)C2C(=O)CCCC2=O)c([N+](=O)[O-])c1. The van der Waals surface area contributed by atoms with E-state index in [-0.39, 0.29) is 45.9 Å². The lowest BCUT2D eigenvalue weighted by Gasteiger charge is -2.18. The Labute approximate surface area is 281 Å². The molecule has 2 aliphatic rings. The first-order valence-electron chi connectivity index (χ1n) is 14.7. The molecule has 49 heavy (non-hydrogen) atoms. The lowest BCUT2D eigenvalue weighted by Crippen LogP contribution is -2.35. The van der Waals surface area contributed by atoms with Gasteiger partial charge in [-0.15, -0.1) is 0 Å². The number of amides is 2. The van der Waals surface area contributed by atoms with Crippen LogP contribution < -0.4 is 14.8 Å². The van der Waals surface area contributed by atoms with Crippen LogP contribution in [0.3, 0.4) is 0 Å². The number of hydrogen-bond acceptors (Lipinski definition) is 12. The maximum absolute atomic E-state index is 12.4. The van der Waals surface area contributed by atoms with Crippen molar-refractivity contribution in [2.45, 2.75) is 47.9 Å². The molecule has 0 saturated heterocycles. The predicted octanol–water partition coefficient (Wildman–Crippen LogP) is 2.83. The smallest absolute Gasteiger partial charge is 0.281 e. The van der Waals surface area contributed by atoms with E-state index in [2.05, 4.69) is 5.32 Å². The van der Waals surface area contributed by atoms with Crippen LogP contribution in [0.25, 0.3) is 0 Å². The van der Waals surface area contributed by atoms with E-state index in [9.17, 15) is 50.9 Å². The predicted molar refractivity (Wildman–Crippen MR) is 172 cm³/mol. The molecule has 2 aliphatic carbocycles. The number of nitro benzene ring substituents is 1. The number of Topliss-reactive ketones (excluding diaryl/α,β-unsaturated/α-hetero) is 3. The van der Waals surface area contributed by atoms with Gasteiger partial charge in [0.05, 0.1) is 33.0 Å². The molecule has 17 heteroatoms. The molecule has 2 saturated carbocycles. The van der Waals surface area contributed by atoms with Crippen molar-refractivity contribution >= 4 is 54.7 Å². The molecule has 0 spiro atoms. The summed E-state index contributed by atoms with van der Waals surface area (Å²) in [7, 11) is -6.38. The number of ether oxygens (including phenoxy) is 1. The number of ketones is 3. The number of carbonyl (C=O) groups is 5. The Morgan fingerprint density at radius 3 is 1.98 bits per heavy atom. The highest BCUT2D eigenvalue weighted by Gasteiger charge is 2.39. The van der Waals surface area contributed by atoms with Crippen molar-refractivity contribution in [3.8, 4) is 5.75 Å². The van der Waals surface area contributed by atoms with Crippen molar-refractivity contribution in [3.63, 3.8) is 0 Å². The Kier molecular flexibility index (Phi) is 11.1. The number of hydrogen-bond donors (Lipinski definition) is 2. The molecule has 0 bridgehead atoms. The van der Waals surface area contributed by atoms with E-state index in [1.165, 1.54) is 37.4 Å². The van der Waals surface area contributed by atoms with Gasteiger partial charge < -0.3 is 10.1 Å². The topological polar surface area (TPSA) is 230 Å². The van der Waals surface area contributed by atoms with Crippen LogP contribution in [0.1, 0.15) is 63.2 Å². The summed E-state index contributed by atoms with van der Waals surface area (Å²) in [6.07, 6.45) is 3.30. The van der Waals surface area contributed by atoms with Crippen molar-refractivity contribution < 1.29 is 50.5 Å². The monoisotopic (exact) mass is 713 g/mol. The van der Waals surface area contributed by atoms with Crippen LogP contribution in [0.15, 0.2) is 76.5 Å². The Morgan fingerprint density at radius 2 is 1.43 bits per heavy atom. The number of benzene rings is 3. The van der Waals surface area contributed by atoms with Gasteiger partial charge >= 0.3 is 0 Å². The average molecular weight is 714 g/mol. The van der Waals surface area contributed by atoms with Gasteiger partial charge in [0.2, 0.25) is 0 Å². The number of sulfonamides is 1. The van der Waals surface area contributed by atoms with Crippen LogP contribution in [0.4, 0.5) is 5.69 Å². The summed E-state index contributed by atoms with van der Waals surface area (Å²) < 4.78 is 54.9. The van der Waals surface area contributed by atoms with Gasteiger partial charge in [0.15, 0.2) is 27.2 Å². The molecule has 5 rings (SSSR count). The van der Waals surface area contributed by atoms with Crippen LogP contribution in [-0.4, -0.2) is 70.3 Å². The summed E-state index contributed by atoms with van der Waals surface area (Å²) in [5.41, 5.74) is -0.689. The van der Waals surface area contributed by atoms with Gasteiger partial charge in [-0.05, 0) is 67.8 Å². The molecule has 2 fully saturated rings. The molecular formula is C32H31N3O12S2. The van der Waals surface area contributed by atoms with E-state index in [1.807, 2.05) is 4.72 Å². The van der Waals surface area contributed by atoms with E-state index in [0.717, 1.165) is 37.3 Å². The van der Waals surface area contributed by atoms with E-state index < -0.39 is 65.2 Å². The first-order valence-corrected chi connectivity index (χ1v) is 18.1. The fourth-order valence-corrected chi connectivity index (χ4v) is 6.41. The van der Waals surface area contributed by atoms with Gasteiger partial charge in [-0.25, -0.2) is 21.6 Å². The van der Waals surface area contributed by atoms with E-state index in [4.69, 9.17) is 4.74 Å². The highest BCUT2D eigenvalue weighted by atomic mass is 32.2. The summed E-state index contributed by atoms with van der Waals surface area (Å²) in [4.78, 5) is 70.1. The van der Waals surface area contributed by atoms with Gasteiger partial charge in [0.25, 0.3) is 27.5 Å². The molecule has 2 N–H and O–H groups in total. The number of sulfone groups is 1. The van der Waals surface area contributed by atoms with Crippen LogP contribution in [0.2, 0.25) is 0 Å². The molecule has 3 aromatic carbocycles. The number of nitro groups is 1. The zero-order valence-corrected chi connectivity index (χ0v) is 27.8.